The lowest BCUT2D eigenvalue weighted by Gasteiger charge is -2.19. The molecular weight excluding hydrogens is 264 g/mol. The highest BCUT2D eigenvalue weighted by Crippen LogP contribution is 2.27. The van der Waals surface area contributed by atoms with Crippen molar-refractivity contribution in [3.63, 3.8) is 0 Å². The van der Waals surface area contributed by atoms with Crippen molar-refractivity contribution < 1.29 is 0 Å². The minimum atomic E-state index is 0.596. The van der Waals surface area contributed by atoms with Gasteiger partial charge in [-0.25, -0.2) is 0 Å². The fourth-order valence-electron chi connectivity index (χ4n) is 2.30. The van der Waals surface area contributed by atoms with Crippen molar-refractivity contribution >= 4 is 27.3 Å². The van der Waals surface area contributed by atoms with Crippen molar-refractivity contribution in [2.75, 3.05) is 11.1 Å². The molecule has 0 heterocycles. The molecule has 3 N–H and O–H groups in total. The minimum absolute atomic E-state index is 0.596. The molecule has 0 saturated heterocycles. The zero-order valence-corrected chi connectivity index (χ0v) is 11.1. The standard InChI is InChI=1S/C13H19BrN2/c14-10-7-8-12(15)13(9-10)16-11-5-3-1-2-4-6-11/h7-9,11,16H,1-6,15H2. The Hall–Kier alpha value is -0.700. The minimum Gasteiger partial charge on any atom is -0.397 e. The molecule has 1 aliphatic carbocycles. The third-order valence-corrected chi connectivity index (χ3v) is 3.72. The summed E-state index contributed by atoms with van der Waals surface area (Å²) in [5, 5.41) is 3.57. The monoisotopic (exact) mass is 282 g/mol. The average Bonchev–Trinajstić information content (AvgIpc) is 2.52. The molecule has 1 saturated carbocycles. The molecule has 0 amide bonds. The highest BCUT2D eigenvalue weighted by Gasteiger charge is 2.12. The molecule has 0 aromatic heterocycles. The normalized spacial score (nSPS) is 18.1. The first-order chi connectivity index (χ1) is 7.75. The van der Waals surface area contributed by atoms with Crippen molar-refractivity contribution in [2.24, 2.45) is 0 Å². The Morgan fingerprint density at radius 2 is 1.81 bits per heavy atom. The van der Waals surface area contributed by atoms with Crippen LogP contribution < -0.4 is 11.1 Å². The van der Waals surface area contributed by atoms with E-state index in [1.807, 2.05) is 12.1 Å². The van der Waals surface area contributed by atoms with Gasteiger partial charge in [-0.15, -0.1) is 0 Å². The van der Waals surface area contributed by atoms with Gasteiger partial charge in [-0.1, -0.05) is 41.6 Å². The predicted octanol–water partition coefficient (Wildman–Crippen LogP) is 4.17. The number of hydrogen-bond acceptors (Lipinski definition) is 2. The molecule has 1 aromatic rings. The fraction of sp³-hybridized carbons (Fsp3) is 0.538. The lowest BCUT2D eigenvalue weighted by Crippen LogP contribution is -2.19. The van der Waals surface area contributed by atoms with Gasteiger partial charge in [0.2, 0.25) is 0 Å². The Labute approximate surface area is 106 Å². The van der Waals surface area contributed by atoms with E-state index in [0.717, 1.165) is 15.8 Å². The Morgan fingerprint density at radius 1 is 1.12 bits per heavy atom. The summed E-state index contributed by atoms with van der Waals surface area (Å²) in [5.74, 6) is 0. The summed E-state index contributed by atoms with van der Waals surface area (Å²) in [7, 11) is 0. The summed E-state index contributed by atoms with van der Waals surface area (Å²) in [6, 6.07) is 6.59. The van der Waals surface area contributed by atoms with Crippen LogP contribution in [0.1, 0.15) is 38.5 Å². The molecule has 16 heavy (non-hydrogen) atoms. The first kappa shape index (κ1) is 11.8. The smallest absolute Gasteiger partial charge is 0.0587 e. The molecule has 0 unspecified atom stereocenters. The molecule has 88 valence electrons. The van der Waals surface area contributed by atoms with Crippen molar-refractivity contribution in [3.8, 4) is 0 Å². The van der Waals surface area contributed by atoms with Crippen LogP contribution in [0.15, 0.2) is 22.7 Å². The number of nitrogens with one attached hydrogen (secondary N) is 1. The third-order valence-electron chi connectivity index (χ3n) is 3.23. The molecule has 1 aliphatic rings. The van der Waals surface area contributed by atoms with Crippen LogP contribution in [0, 0.1) is 0 Å². The van der Waals surface area contributed by atoms with Gasteiger partial charge in [0.25, 0.3) is 0 Å². The van der Waals surface area contributed by atoms with E-state index in [1.54, 1.807) is 0 Å². The van der Waals surface area contributed by atoms with Crippen molar-refractivity contribution in [1.82, 2.24) is 0 Å². The molecule has 2 nitrogen and oxygen atoms in total. The molecule has 1 aromatic carbocycles. The van der Waals surface area contributed by atoms with E-state index < -0.39 is 0 Å². The lowest BCUT2D eigenvalue weighted by molar-refractivity contribution is 0.620. The van der Waals surface area contributed by atoms with Crippen molar-refractivity contribution in [2.45, 2.75) is 44.6 Å². The second-order valence-electron chi connectivity index (χ2n) is 4.56. The van der Waals surface area contributed by atoms with Crippen LogP contribution in [0.5, 0.6) is 0 Å². The highest BCUT2D eigenvalue weighted by atomic mass is 79.9. The predicted molar refractivity (Wildman–Crippen MR) is 73.7 cm³/mol. The maximum atomic E-state index is 5.96. The number of halogens is 1. The number of rotatable bonds is 2. The summed E-state index contributed by atoms with van der Waals surface area (Å²) in [6.45, 7) is 0. The zero-order chi connectivity index (χ0) is 11.4. The van der Waals surface area contributed by atoms with Crippen LogP contribution in [0.3, 0.4) is 0 Å². The second-order valence-corrected chi connectivity index (χ2v) is 5.48. The zero-order valence-electron chi connectivity index (χ0n) is 9.51. The maximum Gasteiger partial charge on any atom is 0.0587 e. The van der Waals surface area contributed by atoms with Crippen LogP contribution in [-0.4, -0.2) is 6.04 Å². The first-order valence-electron chi connectivity index (χ1n) is 6.07. The quantitative estimate of drug-likeness (QED) is 0.631. The molecule has 2 rings (SSSR count). The summed E-state index contributed by atoms with van der Waals surface area (Å²) >= 11 is 3.48. The largest absolute Gasteiger partial charge is 0.397 e. The molecule has 0 bridgehead atoms. The van der Waals surface area contributed by atoms with Gasteiger partial charge < -0.3 is 11.1 Å². The first-order valence-corrected chi connectivity index (χ1v) is 6.86. The Balaban J connectivity index is 2.04. The summed E-state index contributed by atoms with van der Waals surface area (Å²) in [6.07, 6.45) is 7.98. The number of hydrogen-bond donors (Lipinski definition) is 2. The maximum absolute atomic E-state index is 5.96. The number of benzene rings is 1. The topological polar surface area (TPSA) is 38.0 Å². The van der Waals surface area contributed by atoms with E-state index in [0.29, 0.717) is 6.04 Å². The van der Waals surface area contributed by atoms with Crippen molar-refractivity contribution in [1.29, 1.82) is 0 Å². The van der Waals surface area contributed by atoms with Crippen LogP contribution in [0.2, 0.25) is 0 Å². The molecule has 0 spiro atoms. The molecule has 0 radical (unpaired) electrons. The van der Waals surface area contributed by atoms with Crippen molar-refractivity contribution in [3.05, 3.63) is 22.7 Å². The Morgan fingerprint density at radius 3 is 2.50 bits per heavy atom. The Bertz CT molecular complexity index is 344. The number of anilines is 2. The van der Waals surface area contributed by atoms with E-state index in [4.69, 9.17) is 5.73 Å². The Kier molecular flexibility index (Phi) is 4.10. The number of nitrogens with two attached hydrogens (primary N) is 1. The van der Waals surface area contributed by atoms with Crippen LogP contribution in [0.4, 0.5) is 11.4 Å². The van der Waals surface area contributed by atoms with E-state index in [1.165, 1.54) is 38.5 Å². The molecule has 0 aliphatic heterocycles. The molecule has 0 atom stereocenters. The fourth-order valence-corrected chi connectivity index (χ4v) is 2.66. The highest BCUT2D eigenvalue weighted by molar-refractivity contribution is 9.10. The van der Waals surface area contributed by atoms with Gasteiger partial charge in [0.05, 0.1) is 11.4 Å². The lowest BCUT2D eigenvalue weighted by atomic mass is 10.1. The summed E-state index contributed by atoms with van der Waals surface area (Å²) in [5.41, 5.74) is 7.87. The molecule has 1 fully saturated rings. The van der Waals surface area contributed by atoms with E-state index >= 15 is 0 Å². The SMILES string of the molecule is Nc1ccc(Br)cc1NC1CCCCCC1. The van der Waals surface area contributed by atoms with Gasteiger partial charge >= 0.3 is 0 Å². The second kappa shape index (κ2) is 5.58. The van der Waals surface area contributed by atoms with Gasteiger partial charge in [-0.05, 0) is 31.0 Å². The van der Waals surface area contributed by atoms with Crippen LogP contribution in [0.25, 0.3) is 0 Å². The van der Waals surface area contributed by atoms with E-state index in [9.17, 15) is 0 Å². The van der Waals surface area contributed by atoms with Gasteiger partial charge in [-0.3, -0.25) is 0 Å². The van der Waals surface area contributed by atoms with E-state index in [-0.39, 0.29) is 0 Å². The van der Waals surface area contributed by atoms with Gasteiger partial charge in [0.1, 0.15) is 0 Å². The van der Waals surface area contributed by atoms with Crippen LogP contribution in [-0.2, 0) is 0 Å². The van der Waals surface area contributed by atoms with Gasteiger partial charge in [0, 0.05) is 10.5 Å². The van der Waals surface area contributed by atoms with E-state index in [2.05, 4.69) is 27.3 Å². The number of nitrogen functional groups attached to an aromatic ring is 1. The summed E-state index contributed by atoms with van der Waals surface area (Å²) in [4.78, 5) is 0. The molecule has 3 heteroatoms. The van der Waals surface area contributed by atoms with Gasteiger partial charge in [0.15, 0.2) is 0 Å². The average molecular weight is 283 g/mol. The molecular formula is C13H19BrN2. The summed E-state index contributed by atoms with van der Waals surface area (Å²) < 4.78 is 1.08. The van der Waals surface area contributed by atoms with Crippen LogP contribution >= 0.6 is 15.9 Å². The third kappa shape index (κ3) is 3.14. The van der Waals surface area contributed by atoms with Gasteiger partial charge in [-0.2, -0.15) is 0 Å².